The summed E-state index contributed by atoms with van der Waals surface area (Å²) in [5.74, 6) is -0.358. The maximum absolute atomic E-state index is 13.2. The van der Waals surface area contributed by atoms with E-state index in [0.717, 1.165) is 0 Å². The predicted molar refractivity (Wildman–Crippen MR) is 129 cm³/mol. The highest BCUT2D eigenvalue weighted by Crippen LogP contribution is 2.25. The Morgan fingerprint density at radius 3 is 1.53 bits per heavy atom. The molecule has 0 aliphatic heterocycles. The summed E-state index contributed by atoms with van der Waals surface area (Å²) in [5.41, 5.74) is -0.416. The Balaban J connectivity index is 1.60. The first-order valence-electron chi connectivity index (χ1n) is 10.7. The topological polar surface area (TPSA) is 179 Å². The Kier molecular flexibility index (Phi) is 6.21. The van der Waals surface area contributed by atoms with Crippen LogP contribution in [0.2, 0.25) is 0 Å². The van der Waals surface area contributed by atoms with Crippen LogP contribution in [-0.4, -0.2) is 35.2 Å². The average molecular weight is 492 g/mol. The summed E-state index contributed by atoms with van der Waals surface area (Å²) < 4.78 is 2.61. The van der Waals surface area contributed by atoms with Crippen molar-refractivity contribution in [2.45, 2.75) is 25.9 Å². The summed E-state index contributed by atoms with van der Waals surface area (Å²) in [6, 6.07) is 9.47. The summed E-state index contributed by atoms with van der Waals surface area (Å²) in [4.78, 5) is 59.2. The molecule has 0 saturated heterocycles. The van der Waals surface area contributed by atoms with Crippen LogP contribution in [-0.2, 0) is 4.79 Å². The van der Waals surface area contributed by atoms with Gasteiger partial charge in [0.1, 0.15) is 12.1 Å². The number of nitro benzene ring substituents is 2. The van der Waals surface area contributed by atoms with Gasteiger partial charge in [0, 0.05) is 36.7 Å². The molecular formula is C23H20N6O7. The number of rotatable bonds is 8. The van der Waals surface area contributed by atoms with Crippen molar-refractivity contribution in [3.63, 3.8) is 0 Å². The molecule has 4 aromatic rings. The summed E-state index contributed by atoms with van der Waals surface area (Å²) in [7, 11) is 0. The quantitative estimate of drug-likeness (QED) is 0.280. The van der Waals surface area contributed by atoms with Gasteiger partial charge in [-0.1, -0.05) is 24.3 Å². The number of H-pyrrole nitrogens is 2. The van der Waals surface area contributed by atoms with E-state index in [1.807, 2.05) is 0 Å². The van der Waals surface area contributed by atoms with Gasteiger partial charge in [-0.05, 0) is 25.0 Å². The van der Waals surface area contributed by atoms with Crippen molar-refractivity contribution in [3.05, 3.63) is 102 Å². The molecular weight excluding hydrogens is 472 g/mol. The number of aromatic nitrogens is 4. The molecule has 0 aliphatic carbocycles. The number of Topliss-reactive ketones (excluding diaryl/α,β-unsaturated/α-hetero) is 1. The molecule has 0 fully saturated rings. The maximum atomic E-state index is 13.2. The zero-order chi connectivity index (χ0) is 26.1. The SMILES string of the molecule is CC(C(=O)C(C)n1cc(-c2cccc([N+](=O)[O-])c2)c(=O)[nH]1)n1cc(-c2cccc([N+](=O)[O-])c2)c(=O)[nH]1. The maximum Gasteiger partial charge on any atom is 0.271 e. The molecule has 0 radical (unpaired) electrons. The fourth-order valence-electron chi connectivity index (χ4n) is 3.84. The molecule has 0 amide bonds. The number of nitrogens with one attached hydrogen (secondary N) is 2. The van der Waals surface area contributed by atoms with Gasteiger partial charge in [0.25, 0.3) is 22.5 Å². The Hall–Kier alpha value is -5.07. The number of carbonyl (C=O) groups is 1. The molecule has 0 saturated carbocycles. The molecule has 0 aliphatic rings. The number of carbonyl (C=O) groups excluding carboxylic acids is 1. The van der Waals surface area contributed by atoms with E-state index < -0.39 is 33.0 Å². The van der Waals surface area contributed by atoms with Gasteiger partial charge in [0.05, 0.1) is 21.0 Å². The van der Waals surface area contributed by atoms with Crippen LogP contribution in [0.3, 0.4) is 0 Å². The van der Waals surface area contributed by atoms with E-state index in [9.17, 15) is 34.6 Å². The van der Waals surface area contributed by atoms with E-state index >= 15 is 0 Å². The lowest BCUT2D eigenvalue weighted by Crippen LogP contribution is -2.27. The van der Waals surface area contributed by atoms with Crippen molar-refractivity contribution in [1.29, 1.82) is 0 Å². The van der Waals surface area contributed by atoms with E-state index in [2.05, 4.69) is 10.2 Å². The van der Waals surface area contributed by atoms with E-state index in [1.54, 1.807) is 26.0 Å². The molecule has 184 valence electrons. The highest BCUT2D eigenvalue weighted by atomic mass is 16.6. The van der Waals surface area contributed by atoms with Gasteiger partial charge in [0.2, 0.25) is 0 Å². The van der Waals surface area contributed by atoms with E-state index in [4.69, 9.17) is 0 Å². The first-order chi connectivity index (χ1) is 17.1. The summed E-state index contributed by atoms with van der Waals surface area (Å²) in [5, 5.41) is 27.2. The minimum absolute atomic E-state index is 0.160. The van der Waals surface area contributed by atoms with Gasteiger partial charge in [-0.25, -0.2) is 0 Å². The van der Waals surface area contributed by atoms with Crippen LogP contribution in [0.1, 0.15) is 25.9 Å². The number of benzene rings is 2. The van der Waals surface area contributed by atoms with Gasteiger partial charge >= 0.3 is 0 Å². The van der Waals surface area contributed by atoms with Gasteiger partial charge in [-0.15, -0.1) is 0 Å². The molecule has 2 aromatic carbocycles. The number of hydrogen-bond donors (Lipinski definition) is 2. The van der Waals surface area contributed by atoms with Crippen LogP contribution < -0.4 is 11.1 Å². The van der Waals surface area contributed by atoms with Gasteiger partial charge in [-0.3, -0.25) is 54.2 Å². The third-order valence-corrected chi connectivity index (χ3v) is 5.88. The van der Waals surface area contributed by atoms with Crippen LogP contribution in [0.25, 0.3) is 22.3 Å². The average Bonchev–Trinajstić information content (AvgIpc) is 3.45. The lowest BCUT2D eigenvalue weighted by molar-refractivity contribution is -0.385. The van der Waals surface area contributed by atoms with Crippen LogP contribution in [0.4, 0.5) is 11.4 Å². The molecule has 2 atom stereocenters. The molecule has 2 heterocycles. The Labute approximate surface area is 201 Å². The molecule has 0 spiro atoms. The van der Waals surface area contributed by atoms with E-state index in [1.165, 1.54) is 58.2 Å². The van der Waals surface area contributed by atoms with E-state index in [-0.39, 0.29) is 28.3 Å². The van der Waals surface area contributed by atoms with Crippen LogP contribution >= 0.6 is 0 Å². The second kappa shape index (κ2) is 9.29. The van der Waals surface area contributed by atoms with Crippen molar-refractivity contribution in [2.24, 2.45) is 0 Å². The van der Waals surface area contributed by atoms with Crippen LogP contribution in [0.5, 0.6) is 0 Å². The molecule has 13 heteroatoms. The number of non-ortho nitro benzene ring substituents is 2. The minimum atomic E-state index is -0.854. The second-order valence-electron chi connectivity index (χ2n) is 8.15. The number of ketones is 1. The zero-order valence-corrected chi connectivity index (χ0v) is 19.1. The number of nitro groups is 2. The fourth-order valence-corrected chi connectivity index (χ4v) is 3.84. The highest BCUT2D eigenvalue weighted by Gasteiger charge is 2.25. The lowest BCUT2D eigenvalue weighted by Gasteiger charge is -2.18. The lowest BCUT2D eigenvalue weighted by atomic mass is 10.1. The number of hydrogen-bond acceptors (Lipinski definition) is 7. The third-order valence-electron chi connectivity index (χ3n) is 5.88. The Bertz CT molecular complexity index is 1490. The highest BCUT2D eigenvalue weighted by molar-refractivity contribution is 5.86. The second-order valence-corrected chi connectivity index (χ2v) is 8.15. The van der Waals surface area contributed by atoms with Crippen molar-refractivity contribution in [3.8, 4) is 22.3 Å². The molecule has 36 heavy (non-hydrogen) atoms. The third kappa shape index (κ3) is 4.49. The molecule has 2 aromatic heterocycles. The summed E-state index contributed by atoms with van der Waals surface area (Å²) >= 11 is 0. The molecule has 4 rings (SSSR count). The fraction of sp³-hybridized carbons (Fsp3) is 0.174. The molecule has 0 bridgehead atoms. The van der Waals surface area contributed by atoms with Crippen LogP contribution in [0.15, 0.2) is 70.5 Å². The minimum Gasteiger partial charge on any atom is -0.295 e. The molecule has 13 nitrogen and oxygen atoms in total. The van der Waals surface area contributed by atoms with Gasteiger partial charge < -0.3 is 0 Å². The number of nitrogens with zero attached hydrogens (tertiary/aromatic N) is 4. The van der Waals surface area contributed by atoms with Crippen molar-refractivity contribution in [1.82, 2.24) is 19.6 Å². The Morgan fingerprint density at radius 2 is 1.17 bits per heavy atom. The normalized spacial score (nSPS) is 12.7. The smallest absolute Gasteiger partial charge is 0.271 e. The Morgan fingerprint density at radius 1 is 0.778 bits per heavy atom. The first-order valence-corrected chi connectivity index (χ1v) is 10.7. The van der Waals surface area contributed by atoms with Gasteiger partial charge in [0.15, 0.2) is 5.78 Å². The zero-order valence-electron chi connectivity index (χ0n) is 19.1. The largest absolute Gasteiger partial charge is 0.295 e. The van der Waals surface area contributed by atoms with Crippen molar-refractivity contribution in [2.75, 3.05) is 0 Å². The van der Waals surface area contributed by atoms with E-state index in [0.29, 0.717) is 11.1 Å². The molecule has 2 N–H and O–H groups in total. The predicted octanol–water partition coefficient (Wildman–Crippen LogP) is 3.21. The van der Waals surface area contributed by atoms with Gasteiger partial charge in [-0.2, -0.15) is 0 Å². The van der Waals surface area contributed by atoms with Crippen molar-refractivity contribution >= 4 is 17.2 Å². The van der Waals surface area contributed by atoms with Crippen molar-refractivity contribution < 1.29 is 14.6 Å². The monoisotopic (exact) mass is 492 g/mol. The summed E-state index contributed by atoms with van der Waals surface area (Å²) in [6.07, 6.45) is 2.81. The number of aromatic amines is 2. The summed E-state index contributed by atoms with van der Waals surface area (Å²) in [6.45, 7) is 3.13. The standard InChI is InChI=1S/C23H20N6O7/c1-13(26-11-19(22(31)24-26)15-5-3-7-17(9-15)28(33)34)21(30)14(2)27-12-20(23(32)25-27)16-6-4-8-18(10-16)29(35)36/h3-14H,1-2H3,(H,24,31)(H,25,32). The molecule has 2 unspecified atom stereocenters. The van der Waals surface area contributed by atoms with Crippen LogP contribution in [0, 0.1) is 20.2 Å². The first kappa shape index (κ1) is 24.1.